The summed E-state index contributed by atoms with van der Waals surface area (Å²) in [5, 5.41) is 4.86. The molecule has 3 aliphatic heterocycles. The molecule has 6 rings (SSSR count). The summed E-state index contributed by atoms with van der Waals surface area (Å²) < 4.78 is 0. The maximum Gasteiger partial charge on any atom is 0.0450 e. The van der Waals surface area contributed by atoms with Gasteiger partial charge in [0.1, 0.15) is 0 Å². The third-order valence-corrected chi connectivity index (χ3v) is 8.80. The summed E-state index contributed by atoms with van der Waals surface area (Å²) in [5.74, 6) is 1.10. The molecule has 4 bridgehead atoms. The van der Waals surface area contributed by atoms with Crippen molar-refractivity contribution in [1.29, 1.82) is 0 Å². The number of likely N-dealkylation sites (N-methyl/N-ethyl adjacent to an activating group) is 1. The Morgan fingerprint density at radius 1 is 0.853 bits per heavy atom. The maximum atomic E-state index is 6.54. The first-order valence-electron chi connectivity index (χ1n) is 12.7. The Bertz CT molecular complexity index is 1060. The molecule has 3 aliphatic rings. The van der Waals surface area contributed by atoms with Crippen LogP contribution in [-0.4, -0.2) is 54.1 Å². The second kappa shape index (κ2) is 9.47. The van der Waals surface area contributed by atoms with Crippen LogP contribution in [0.4, 0.5) is 0 Å². The van der Waals surface area contributed by atoms with Gasteiger partial charge in [0.05, 0.1) is 0 Å². The second-order valence-corrected chi connectivity index (χ2v) is 10.9. The quantitative estimate of drug-likeness (QED) is 0.518. The highest BCUT2D eigenvalue weighted by Crippen LogP contribution is 2.48. The molecule has 0 amide bonds. The van der Waals surface area contributed by atoms with Gasteiger partial charge in [0.15, 0.2) is 0 Å². The first-order chi connectivity index (χ1) is 16.7. The molecule has 3 nitrogen and oxygen atoms in total. The standard InChI is InChI=1S/C30H34ClN3/c1-33-19-25-16-24-17-27(32-18-23-14-8-9-15-26(23)31)30(34(25)28(24)20-33)29(21-10-4-2-5-11-21)22-12-6-3-7-13-22/h2-15,24-25,27-30,32H,16-20H2,1H3. The van der Waals surface area contributed by atoms with Crippen molar-refractivity contribution >= 4 is 11.6 Å². The molecule has 0 aromatic heterocycles. The lowest BCUT2D eigenvalue weighted by Crippen LogP contribution is -2.66. The summed E-state index contributed by atoms with van der Waals surface area (Å²) in [6.07, 6.45) is 2.56. The average molecular weight is 472 g/mol. The molecular weight excluding hydrogens is 438 g/mol. The fourth-order valence-corrected chi connectivity index (χ4v) is 7.30. The van der Waals surface area contributed by atoms with Gasteiger partial charge in [0.2, 0.25) is 0 Å². The molecule has 6 unspecified atom stereocenters. The van der Waals surface area contributed by atoms with Gasteiger partial charge in [-0.3, -0.25) is 4.90 Å². The SMILES string of the molecule is CN1CC2CC3CC(NCc4ccccc4Cl)C(C(c4ccccc4)c4ccccc4)N2C3C1. The van der Waals surface area contributed by atoms with Gasteiger partial charge >= 0.3 is 0 Å². The van der Waals surface area contributed by atoms with Crippen LogP contribution in [0.1, 0.15) is 35.4 Å². The molecule has 3 saturated heterocycles. The topological polar surface area (TPSA) is 18.5 Å². The number of rotatable bonds is 6. The highest BCUT2D eigenvalue weighted by atomic mass is 35.5. The van der Waals surface area contributed by atoms with Crippen LogP contribution in [0.3, 0.4) is 0 Å². The molecule has 1 N–H and O–H groups in total. The van der Waals surface area contributed by atoms with Gasteiger partial charge in [0, 0.05) is 54.7 Å². The van der Waals surface area contributed by atoms with E-state index in [0.29, 0.717) is 30.1 Å². The molecule has 6 atom stereocenters. The van der Waals surface area contributed by atoms with Crippen molar-refractivity contribution in [1.82, 2.24) is 15.1 Å². The van der Waals surface area contributed by atoms with E-state index in [-0.39, 0.29) is 0 Å². The fraction of sp³-hybridized carbons (Fsp3) is 0.400. The predicted octanol–water partition coefficient (Wildman–Crippen LogP) is 5.41. The zero-order valence-corrected chi connectivity index (χ0v) is 20.6. The molecule has 0 aliphatic carbocycles. The summed E-state index contributed by atoms with van der Waals surface area (Å²) in [5.41, 5.74) is 4.02. The van der Waals surface area contributed by atoms with Crippen molar-refractivity contribution in [3.05, 3.63) is 107 Å². The lowest BCUT2D eigenvalue weighted by Gasteiger charge is -2.53. The first kappa shape index (κ1) is 22.3. The zero-order chi connectivity index (χ0) is 23.1. The van der Waals surface area contributed by atoms with E-state index in [9.17, 15) is 0 Å². The lowest BCUT2D eigenvalue weighted by molar-refractivity contribution is -0.0109. The largest absolute Gasteiger partial charge is 0.308 e. The number of likely N-dealkylation sites (tertiary alicyclic amines) is 1. The van der Waals surface area contributed by atoms with Gasteiger partial charge in [0.25, 0.3) is 0 Å². The Morgan fingerprint density at radius 3 is 2.18 bits per heavy atom. The van der Waals surface area contributed by atoms with Crippen molar-refractivity contribution in [2.24, 2.45) is 5.92 Å². The van der Waals surface area contributed by atoms with Crippen LogP contribution in [0, 0.1) is 5.92 Å². The van der Waals surface area contributed by atoms with Gasteiger partial charge in [-0.1, -0.05) is 90.5 Å². The van der Waals surface area contributed by atoms with Gasteiger partial charge < -0.3 is 10.2 Å². The first-order valence-corrected chi connectivity index (χ1v) is 13.1. The third kappa shape index (κ3) is 4.09. The molecule has 3 aromatic carbocycles. The van der Waals surface area contributed by atoms with Gasteiger partial charge in [-0.25, -0.2) is 0 Å². The second-order valence-electron chi connectivity index (χ2n) is 10.5. The van der Waals surface area contributed by atoms with Crippen molar-refractivity contribution in [3.63, 3.8) is 0 Å². The summed E-state index contributed by atoms with van der Waals surface area (Å²) in [4.78, 5) is 5.49. The van der Waals surface area contributed by atoms with Crippen LogP contribution in [0.15, 0.2) is 84.9 Å². The molecule has 0 saturated carbocycles. The lowest BCUT2D eigenvalue weighted by atomic mass is 9.75. The van der Waals surface area contributed by atoms with Crippen molar-refractivity contribution in [3.8, 4) is 0 Å². The summed E-state index contributed by atoms with van der Waals surface area (Å²) in [7, 11) is 2.30. The summed E-state index contributed by atoms with van der Waals surface area (Å²) >= 11 is 6.54. The van der Waals surface area contributed by atoms with Gasteiger partial charge in [-0.2, -0.15) is 0 Å². The normalized spacial score (nSPS) is 30.6. The van der Waals surface area contributed by atoms with Crippen molar-refractivity contribution in [2.45, 2.75) is 49.5 Å². The van der Waals surface area contributed by atoms with E-state index in [1.165, 1.54) is 42.6 Å². The fourth-order valence-electron chi connectivity index (χ4n) is 7.10. The zero-order valence-electron chi connectivity index (χ0n) is 19.9. The average Bonchev–Trinajstić information content (AvgIpc) is 2.98. The monoisotopic (exact) mass is 471 g/mol. The minimum Gasteiger partial charge on any atom is -0.308 e. The van der Waals surface area contributed by atoms with E-state index < -0.39 is 0 Å². The number of hydrogen-bond acceptors (Lipinski definition) is 3. The predicted molar refractivity (Wildman–Crippen MR) is 140 cm³/mol. The Labute approximate surface area is 208 Å². The van der Waals surface area contributed by atoms with Crippen LogP contribution in [0.5, 0.6) is 0 Å². The van der Waals surface area contributed by atoms with E-state index in [2.05, 4.69) is 95.0 Å². The molecule has 34 heavy (non-hydrogen) atoms. The highest BCUT2D eigenvalue weighted by molar-refractivity contribution is 6.31. The molecule has 176 valence electrons. The minimum atomic E-state index is 0.332. The number of piperazine rings is 1. The Hall–Kier alpha value is -2.17. The number of piperidine rings is 1. The minimum absolute atomic E-state index is 0.332. The third-order valence-electron chi connectivity index (χ3n) is 8.43. The Balaban J connectivity index is 1.40. The number of nitrogens with zero attached hydrogens (tertiary/aromatic N) is 2. The van der Waals surface area contributed by atoms with Gasteiger partial charge in [-0.15, -0.1) is 0 Å². The number of benzene rings is 3. The molecule has 3 heterocycles. The van der Waals surface area contributed by atoms with Crippen LogP contribution in [0.25, 0.3) is 0 Å². The smallest absolute Gasteiger partial charge is 0.0450 e. The molecule has 3 fully saturated rings. The van der Waals surface area contributed by atoms with E-state index in [4.69, 9.17) is 11.6 Å². The van der Waals surface area contributed by atoms with Gasteiger partial charge in [-0.05, 0) is 48.6 Å². The van der Waals surface area contributed by atoms with E-state index >= 15 is 0 Å². The highest BCUT2D eigenvalue weighted by Gasteiger charge is 2.55. The van der Waals surface area contributed by atoms with Crippen molar-refractivity contribution < 1.29 is 0 Å². The van der Waals surface area contributed by atoms with Crippen LogP contribution >= 0.6 is 11.6 Å². The number of nitrogens with one attached hydrogen (secondary N) is 1. The van der Waals surface area contributed by atoms with Crippen LogP contribution in [-0.2, 0) is 6.54 Å². The molecule has 3 aromatic rings. The molecular formula is C30H34ClN3. The number of halogens is 1. The summed E-state index contributed by atoms with van der Waals surface area (Å²) in [6, 6.07) is 32.7. The van der Waals surface area contributed by atoms with Crippen LogP contribution in [0.2, 0.25) is 5.02 Å². The Kier molecular flexibility index (Phi) is 6.21. The van der Waals surface area contributed by atoms with Crippen molar-refractivity contribution in [2.75, 3.05) is 20.1 Å². The summed E-state index contributed by atoms with van der Waals surface area (Å²) in [6.45, 7) is 3.18. The molecule has 0 radical (unpaired) electrons. The Morgan fingerprint density at radius 2 is 1.50 bits per heavy atom. The maximum absolute atomic E-state index is 6.54. The molecule has 4 heteroatoms. The number of hydrogen-bond donors (Lipinski definition) is 1. The molecule has 0 spiro atoms. The van der Waals surface area contributed by atoms with Crippen LogP contribution < -0.4 is 5.32 Å². The van der Waals surface area contributed by atoms with E-state index in [0.717, 1.165) is 17.5 Å². The van der Waals surface area contributed by atoms with E-state index in [1.54, 1.807) is 0 Å². The van der Waals surface area contributed by atoms with E-state index in [1.807, 2.05) is 12.1 Å².